The molecule has 0 aliphatic carbocycles. The molecule has 3 rings (SSSR count). The van der Waals surface area contributed by atoms with Gasteiger partial charge in [0.1, 0.15) is 16.9 Å². The van der Waals surface area contributed by atoms with Crippen molar-refractivity contribution < 1.29 is 4.74 Å². The van der Waals surface area contributed by atoms with Crippen molar-refractivity contribution in [2.24, 2.45) is 0 Å². The van der Waals surface area contributed by atoms with E-state index in [1.165, 1.54) is 0 Å². The first kappa shape index (κ1) is 14.3. The van der Waals surface area contributed by atoms with Gasteiger partial charge in [-0.25, -0.2) is 4.98 Å². The van der Waals surface area contributed by atoms with Crippen LogP contribution in [0.3, 0.4) is 0 Å². The predicted molar refractivity (Wildman–Crippen MR) is 87.1 cm³/mol. The van der Waals surface area contributed by atoms with E-state index in [0.29, 0.717) is 5.88 Å². The Labute approximate surface area is 132 Å². The average Bonchev–Trinajstić information content (AvgIpc) is 3.01. The van der Waals surface area contributed by atoms with Crippen molar-refractivity contribution in [3.8, 4) is 5.75 Å². The molecule has 2 heterocycles. The fourth-order valence-electron chi connectivity index (χ4n) is 2.12. The first-order chi connectivity index (χ1) is 10.3. The maximum Gasteiger partial charge on any atom is 0.150 e. The molecule has 108 valence electrons. The van der Waals surface area contributed by atoms with Gasteiger partial charge in [-0.05, 0) is 24.6 Å². The molecule has 3 nitrogen and oxygen atoms in total. The number of alkyl halides is 1. The third-order valence-electron chi connectivity index (χ3n) is 3.21. The summed E-state index contributed by atoms with van der Waals surface area (Å²) in [5.41, 5.74) is 1.84. The van der Waals surface area contributed by atoms with Crippen molar-refractivity contribution in [1.82, 2.24) is 9.97 Å². The lowest BCUT2D eigenvalue weighted by atomic mass is 10.2. The molecule has 0 saturated heterocycles. The largest absolute Gasteiger partial charge is 0.483 e. The summed E-state index contributed by atoms with van der Waals surface area (Å²) in [5.74, 6) is 1.25. The average molecular weight is 319 g/mol. The summed E-state index contributed by atoms with van der Waals surface area (Å²) >= 11 is 7.40. The first-order valence-corrected chi connectivity index (χ1v) is 8.23. The van der Waals surface area contributed by atoms with Crippen LogP contribution in [0.2, 0.25) is 0 Å². The van der Waals surface area contributed by atoms with Crippen molar-refractivity contribution in [3.63, 3.8) is 0 Å². The standard InChI is InChI=1S/C16H15ClN2OS/c1-2-15(16-19-12(9-17)10-21-16)20-13-6-5-11-4-3-7-18-14(11)8-13/h3-8,10,15H,2,9H2,1H3. The molecular formula is C16H15ClN2OS. The van der Waals surface area contributed by atoms with Gasteiger partial charge in [0.05, 0.1) is 17.1 Å². The second kappa shape index (κ2) is 6.41. The number of halogens is 1. The van der Waals surface area contributed by atoms with Crippen LogP contribution in [-0.2, 0) is 5.88 Å². The van der Waals surface area contributed by atoms with E-state index in [0.717, 1.165) is 33.8 Å². The number of hydrogen-bond donors (Lipinski definition) is 0. The maximum absolute atomic E-state index is 6.08. The van der Waals surface area contributed by atoms with Crippen LogP contribution in [0.25, 0.3) is 10.9 Å². The highest BCUT2D eigenvalue weighted by Gasteiger charge is 2.15. The van der Waals surface area contributed by atoms with E-state index in [1.54, 1.807) is 17.5 Å². The molecule has 5 heteroatoms. The summed E-state index contributed by atoms with van der Waals surface area (Å²) in [7, 11) is 0. The second-order valence-electron chi connectivity index (χ2n) is 4.68. The Balaban J connectivity index is 1.84. The zero-order valence-corrected chi connectivity index (χ0v) is 13.2. The first-order valence-electron chi connectivity index (χ1n) is 6.82. The lowest BCUT2D eigenvalue weighted by Crippen LogP contribution is -2.06. The molecule has 2 aromatic heterocycles. The number of fused-ring (bicyclic) bond motifs is 1. The Bertz CT molecular complexity index is 744. The topological polar surface area (TPSA) is 35.0 Å². The number of pyridine rings is 1. The van der Waals surface area contributed by atoms with Crippen LogP contribution < -0.4 is 4.74 Å². The third-order valence-corrected chi connectivity index (χ3v) is 4.47. The molecule has 0 radical (unpaired) electrons. The molecule has 0 aliphatic heterocycles. The Hall–Kier alpha value is -1.65. The normalized spacial score (nSPS) is 12.5. The Morgan fingerprint density at radius 1 is 1.33 bits per heavy atom. The Kier molecular flexibility index (Phi) is 4.36. The molecule has 0 aliphatic rings. The van der Waals surface area contributed by atoms with E-state index in [4.69, 9.17) is 16.3 Å². The zero-order valence-electron chi connectivity index (χ0n) is 11.6. The van der Waals surface area contributed by atoms with Crippen LogP contribution in [0, 0.1) is 0 Å². The monoisotopic (exact) mass is 318 g/mol. The third kappa shape index (κ3) is 3.17. The summed E-state index contributed by atoms with van der Waals surface area (Å²) < 4.78 is 6.08. The van der Waals surface area contributed by atoms with Gasteiger partial charge < -0.3 is 4.74 Å². The molecular weight excluding hydrogens is 304 g/mol. The fraction of sp³-hybridized carbons (Fsp3) is 0.250. The van der Waals surface area contributed by atoms with E-state index in [9.17, 15) is 0 Å². The van der Waals surface area contributed by atoms with E-state index in [2.05, 4.69) is 16.9 Å². The minimum absolute atomic E-state index is 0.0480. The number of rotatable bonds is 5. The second-order valence-corrected chi connectivity index (χ2v) is 5.84. The molecule has 0 saturated carbocycles. The van der Waals surface area contributed by atoms with Gasteiger partial charge in [-0.15, -0.1) is 22.9 Å². The van der Waals surface area contributed by atoms with Crippen LogP contribution in [0.5, 0.6) is 5.75 Å². The number of aromatic nitrogens is 2. The Morgan fingerprint density at radius 2 is 2.24 bits per heavy atom. The molecule has 1 unspecified atom stereocenters. The molecule has 3 aromatic rings. The van der Waals surface area contributed by atoms with Gasteiger partial charge in [0.25, 0.3) is 0 Å². The van der Waals surface area contributed by atoms with Crippen LogP contribution in [0.15, 0.2) is 41.9 Å². The van der Waals surface area contributed by atoms with Crippen molar-refractivity contribution >= 4 is 33.8 Å². The van der Waals surface area contributed by atoms with E-state index >= 15 is 0 Å². The van der Waals surface area contributed by atoms with Crippen LogP contribution >= 0.6 is 22.9 Å². The van der Waals surface area contributed by atoms with Gasteiger partial charge in [0, 0.05) is 23.0 Å². The molecule has 1 aromatic carbocycles. The molecule has 0 amide bonds. The predicted octanol–water partition coefficient (Wildman–Crippen LogP) is 4.96. The SMILES string of the molecule is CCC(Oc1ccc2cccnc2c1)c1nc(CCl)cs1. The summed E-state index contributed by atoms with van der Waals surface area (Å²) in [6, 6.07) is 9.94. The molecule has 0 spiro atoms. The number of hydrogen-bond acceptors (Lipinski definition) is 4. The van der Waals surface area contributed by atoms with Gasteiger partial charge in [0.15, 0.2) is 0 Å². The Morgan fingerprint density at radius 3 is 3.00 bits per heavy atom. The van der Waals surface area contributed by atoms with E-state index < -0.39 is 0 Å². The highest BCUT2D eigenvalue weighted by Crippen LogP contribution is 2.29. The molecule has 0 N–H and O–H groups in total. The molecule has 1 atom stereocenters. The minimum Gasteiger partial charge on any atom is -0.483 e. The maximum atomic E-state index is 6.08. The van der Waals surface area contributed by atoms with Gasteiger partial charge in [-0.3, -0.25) is 4.98 Å². The fourth-order valence-corrected chi connectivity index (χ4v) is 3.28. The molecule has 0 bridgehead atoms. The van der Waals surface area contributed by atoms with E-state index in [1.807, 2.05) is 35.7 Å². The lowest BCUT2D eigenvalue weighted by Gasteiger charge is -2.15. The van der Waals surface area contributed by atoms with Crippen LogP contribution in [0.4, 0.5) is 0 Å². The quantitative estimate of drug-likeness (QED) is 0.624. The van der Waals surface area contributed by atoms with Crippen molar-refractivity contribution in [2.45, 2.75) is 25.3 Å². The van der Waals surface area contributed by atoms with Gasteiger partial charge >= 0.3 is 0 Å². The highest BCUT2D eigenvalue weighted by molar-refractivity contribution is 7.09. The summed E-state index contributed by atoms with van der Waals surface area (Å²) in [6.45, 7) is 2.09. The summed E-state index contributed by atoms with van der Waals surface area (Å²) in [5, 5.41) is 4.06. The smallest absolute Gasteiger partial charge is 0.150 e. The van der Waals surface area contributed by atoms with Gasteiger partial charge in [-0.2, -0.15) is 0 Å². The highest BCUT2D eigenvalue weighted by atomic mass is 35.5. The van der Waals surface area contributed by atoms with Gasteiger partial charge in [-0.1, -0.05) is 13.0 Å². The summed E-state index contributed by atoms with van der Waals surface area (Å²) in [6.07, 6.45) is 2.60. The van der Waals surface area contributed by atoms with E-state index in [-0.39, 0.29) is 6.10 Å². The van der Waals surface area contributed by atoms with Crippen molar-refractivity contribution in [3.05, 3.63) is 52.6 Å². The number of ether oxygens (including phenoxy) is 1. The molecule has 21 heavy (non-hydrogen) atoms. The molecule has 0 fully saturated rings. The zero-order chi connectivity index (χ0) is 14.7. The van der Waals surface area contributed by atoms with Crippen molar-refractivity contribution in [1.29, 1.82) is 0 Å². The number of nitrogens with zero attached hydrogens (tertiary/aromatic N) is 2. The summed E-state index contributed by atoms with van der Waals surface area (Å²) in [4.78, 5) is 8.86. The van der Waals surface area contributed by atoms with Crippen molar-refractivity contribution in [2.75, 3.05) is 0 Å². The number of benzene rings is 1. The minimum atomic E-state index is -0.0480. The number of thiazole rings is 1. The van der Waals surface area contributed by atoms with Crippen LogP contribution in [-0.4, -0.2) is 9.97 Å². The van der Waals surface area contributed by atoms with Crippen LogP contribution in [0.1, 0.15) is 30.2 Å². The van der Waals surface area contributed by atoms with Gasteiger partial charge in [0.2, 0.25) is 0 Å². The lowest BCUT2D eigenvalue weighted by molar-refractivity contribution is 0.201.